The number of hydrogen-bond acceptors (Lipinski definition) is 5. The van der Waals surface area contributed by atoms with Gasteiger partial charge in [0.1, 0.15) is 5.75 Å². The molecule has 0 unspecified atom stereocenters. The number of guanidine groups is 1. The third-order valence-electron chi connectivity index (χ3n) is 4.63. The summed E-state index contributed by atoms with van der Waals surface area (Å²) in [5.74, 6) is 1.69. The fraction of sp³-hybridized carbons (Fsp3) is 0.600. The second kappa shape index (κ2) is 11.3. The molecule has 1 aliphatic heterocycles. The molecule has 0 spiro atoms. The third-order valence-corrected chi connectivity index (χ3v) is 4.63. The first-order chi connectivity index (χ1) is 13.2. The van der Waals surface area contributed by atoms with Crippen LogP contribution >= 0.6 is 0 Å². The maximum Gasteiger partial charge on any atom is 0.305 e. The SMILES string of the molecule is CCNC(=NCCCCC(=O)OC)N1CCN(c2ccc(OC)cc2)CC1. The zero-order chi connectivity index (χ0) is 19.5. The molecule has 2 rings (SSSR count). The van der Waals surface area contributed by atoms with Crippen molar-refractivity contribution in [1.82, 2.24) is 10.2 Å². The second-order valence-corrected chi connectivity index (χ2v) is 6.44. The highest BCUT2D eigenvalue weighted by atomic mass is 16.5. The van der Waals surface area contributed by atoms with Crippen molar-refractivity contribution in [3.8, 4) is 5.75 Å². The predicted octanol–water partition coefficient (Wildman–Crippen LogP) is 2.13. The number of rotatable bonds is 8. The van der Waals surface area contributed by atoms with E-state index in [1.165, 1.54) is 12.8 Å². The Morgan fingerprint density at radius 3 is 2.41 bits per heavy atom. The Bertz CT molecular complexity index is 596. The first-order valence-electron chi connectivity index (χ1n) is 9.67. The minimum atomic E-state index is -0.152. The van der Waals surface area contributed by atoms with Crippen LogP contribution in [0.1, 0.15) is 26.2 Å². The van der Waals surface area contributed by atoms with Crippen molar-refractivity contribution in [2.24, 2.45) is 4.99 Å². The highest BCUT2D eigenvalue weighted by Crippen LogP contribution is 2.20. The van der Waals surface area contributed by atoms with E-state index in [0.29, 0.717) is 6.42 Å². The van der Waals surface area contributed by atoms with Crippen molar-refractivity contribution in [3.63, 3.8) is 0 Å². The Balaban J connectivity index is 1.82. The first-order valence-corrected chi connectivity index (χ1v) is 9.67. The molecule has 0 atom stereocenters. The molecule has 27 heavy (non-hydrogen) atoms. The molecule has 1 aliphatic rings. The molecule has 1 N–H and O–H groups in total. The standard InChI is InChI=1S/C20H32N4O3/c1-4-21-20(22-12-6-5-7-19(25)27-3)24-15-13-23(14-16-24)17-8-10-18(26-2)11-9-17/h8-11H,4-7,12-16H2,1-3H3,(H,21,22). The summed E-state index contributed by atoms with van der Waals surface area (Å²) < 4.78 is 9.89. The van der Waals surface area contributed by atoms with Gasteiger partial charge in [0.05, 0.1) is 14.2 Å². The summed E-state index contributed by atoms with van der Waals surface area (Å²) >= 11 is 0. The number of unbranched alkanes of at least 4 members (excludes halogenated alkanes) is 1. The summed E-state index contributed by atoms with van der Waals surface area (Å²) in [5.41, 5.74) is 1.22. The first kappa shape index (κ1) is 20.9. The zero-order valence-corrected chi connectivity index (χ0v) is 16.7. The molecule has 1 heterocycles. The van der Waals surface area contributed by atoms with Gasteiger partial charge in [0.15, 0.2) is 5.96 Å². The Morgan fingerprint density at radius 1 is 1.11 bits per heavy atom. The van der Waals surface area contributed by atoms with Crippen LogP contribution in [0.4, 0.5) is 5.69 Å². The van der Waals surface area contributed by atoms with E-state index in [2.05, 4.69) is 38.9 Å². The van der Waals surface area contributed by atoms with E-state index in [0.717, 1.165) is 63.8 Å². The number of carbonyl (C=O) groups is 1. The van der Waals surface area contributed by atoms with Crippen LogP contribution in [0.2, 0.25) is 0 Å². The van der Waals surface area contributed by atoms with Crippen LogP contribution in [-0.2, 0) is 9.53 Å². The lowest BCUT2D eigenvalue weighted by molar-refractivity contribution is -0.140. The number of anilines is 1. The van der Waals surface area contributed by atoms with Crippen molar-refractivity contribution in [2.75, 3.05) is 58.4 Å². The lowest BCUT2D eigenvalue weighted by atomic mass is 10.2. The monoisotopic (exact) mass is 376 g/mol. The highest BCUT2D eigenvalue weighted by Gasteiger charge is 2.19. The van der Waals surface area contributed by atoms with Crippen LogP contribution in [0.3, 0.4) is 0 Å². The normalized spacial score (nSPS) is 14.9. The molecule has 150 valence electrons. The van der Waals surface area contributed by atoms with E-state index < -0.39 is 0 Å². The number of methoxy groups -OCH3 is 2. The average molecular weight is 377 g/mol. The summed E-state index contributed by atoms with van der Waals surface area (Å²) in [7, 11) is 3.11. The lowest BCUT2D eigenvalue weighted by Crippen LogP contribution is -2.52. The van der Waals surface area contributed by atoms with Crippen LogP contribution < -0.4 is 15.0 Å². The van der Waals surface area contributed by atoms with Gasteiger partial charge in [-0.2, -0.15) is 0 Å². The van der Waals surface area contributed by atoms with Crippen LogP contribution in [0, 0.1) is 0 Å². The van der Waals surface area contributed by atoms with Gasteiger partial charge in [0, 0.05) is 51.4 Å². The van der Waals surface area contributed by atoms with E-state index in [4.69, 9.17) is 9.73 Å². The van der Waals surface area contributed by atoms with Crippen LogP contribution in [0.5, 0.6) is 5.75 Å². The van der Waals surface area contributed by atoms with E-state index in [9.17, 15) is 4.79 Å². The van der Waals surface area contributed by atoms with E-state index in [1.54, 1.807) is 7.11 Å². The van der Waals surface area contributed by atoms with Crippen LogP contribution in [-0.4, -0.2) is 70.3 Å². The molecule has 0 aliphatic carbocycles. The van der Waals surface area contributed by atoms with Gasteiger partial charge in [-0.15, -0.1) is 0 Å². The molecule has 1 aromatic carbocycles. The number of nitrogens with zero attached hydrogens (tertiary/aromatic N) is 3. The minimum Gasteiger partial charge on any atom is -0.497 e. The molecule has 7 heteroatoms. The molecule has 0 bridgehead atoms. The van der Waals surface area contributed by atoms with Gasteiger partial charge in [-0.25, -0.2) is 0 Å². The van der Waals surface area contributed by atoms with Gasteiger partial charge in [-0.1, -0.05) is 0 Å². The molecular formula is C20H32N4O3. The van der Waals surface area contributed by atoms with Gasteiger partial charge in [0.25, 0.3) is 0 Å². The topological polar surface area (TPSA) is 66.4 Å². The van der Waals surface area contributed by atoms with Crippen LogP contribution in [0.25, 0.3) is 0 Å². The predicted molar refractivity (Wildman–Crippen MR) is 109 cm³/mol. The summed E-state index contributed by atoms with van der Waals surface area (Å²) in [6, 6.07) is 8.22. The molecule has 0 amide bonds. The number of carbonyl (C=O) groups excluding carboxylic acids is 1. The fourth-order valence-electron chi connectivity index (χ4n) is 3.06. The molecule has 1 fully saturated rings. The zero-order valence-electron chi connectivity index (χ0n) is 16.7. The summed E-state index contributed by atoms with van der Waals surface area (Å²) in [5, 5.41) is 3.38. The second-order valence-electron chi connectivity index (χ2n) is 6.44. The van der Waals surface area contributed by atoms with Crippen LogP contribution in [0.15, 0.2) is 29.3 Å². The Kier molecular flexibility index (Phi) is 8.74. The van der Waals surface area contributed by atoms with Crippen molar-refractivity contribution in [3.05, 3.63) is 24.3 Å². The van der Waals surface area contributed by atoms with Gasteiger partial charge >= 0.3 is 5.97 Å². The number of benzene rings is 1. The number of aliphatic imine (C=N–C) groups is 1. The molecule has 1 saturated heterocycles. The van der Waals surface area contributed by atoms with Crippen molar-refractivity contribution in [2.45, 2.75) is 26.2 Å². The summed E-state index contributed by atoms with van der Waals surface area (Å²) in [6.07, 6.45) is 2.15. The summed E-state index contributed by atoms with van der Waals surface area (Å²) in [6.45, 7) is 7.43. The average Bonchev–Trinajstić information content (AvgIpc) is 2.72. The molecule has 1 aromatic rings. The van der Waals surface area contributed by atoms with Crippen molar-refractivity contribution in [1.29, 1.82) is 0 Å². The van der Waals surface area contributed by atoms with Crippen molar-refractivity contribution < 1.29 is 14.3 Å². The Morgan fingerprint density at radius 2 is 1.81 bits per heavy atom. The molecular weight excluding hydrogens is 344 g/mol. The molecule has 0 saturated carbocycles. The number of hydrogen-bond donors (Lipinski definition) is 1. The highest BCUT2D eigenvalue weighted by molar-refractivity contribution is 5.80. The van der Waals surface area contributed by atoms with Gasteiger partial charge in [0.2, 0.25) is 0 Å². The maximum absolute atomic E-state index is 11.2. The van der Waals surface area contributed by atoms with Gasteiger partial charge < -0.3 is 24.6 Å². The van der Waals surface area contributed by atoms with Gasteiger partial charge in [-0.3, -0.25) is 9.79 Å². The minimum absolute atomic E-state index is 0.152. The maximum atomic E-state index is 11.2. The molecule has 0 aromatic heterocycles. The number of esters is 1. The van der Waals surface area contributed by atoms with E-state index >= 15 is 0 Å². The molecule has 7 nitrogen and oxygen atoms in total. The van der Waals surface area contributed by atoms with E-state index in [-0.39, 0.29) is 5.97 Å². The number of piperazine rings is 1. The smallest absolute Gasteiger partial charge is 0.305 e. The quantitative estimate of drug-likeness (QED) is 0.324. The molecule has 0 radical (unpaired) electrons. The Labute approximate surface area is 162 Å². The summed E-state index contributed by atoms with van der Waals surface area (Å²) in [4.78, 5) is 20.6. The fourth-order valence-corrected chi connectivity index (χ4v) is 3.06. The Hall–Kier alpha value is -2.44. The third kappa shape index (κ3) is 6.66. The van der Waals surface area contributed by atoms with Gasteiger partial charge in [-0.05, 0) is 44.0 Å². The number of nitrogens with one attached hydrogen (secondary N) is 1. The largest absolute Gasteiger partial charge is 0.497 e. The van der Waals surface area contributed by atoms with Crippen molar-refractivity contribution >= 4 is 17.6 Å². The number of ether oxygens (including phenoxy) is 2. The van der Waals surface area contributed by atoms with E-state index in [1.807, 2.05) is 12.1 Å². The lowest BCUT2D eigenvalue weighted by Gasteiger charge is -2.37.